The van der Waals surface area contributed by atoms with Gasteiger partial charge in [0.2, 0.25) is 0 Å². The van der Waals surface area contributed by atoms with Crippen LogP contribution in [-0.2, 0) is 6.18 Å². The average molecular weight is 313 g/mol. The van der Waals surface area contributed by atoms with E-state index in [1.54, 1.807) is 24.3 Å². The molecule has 1 aromatic carbocycles. The largest absolute Gasteiger partial charge is 0.494 e. The monoisotopic (exact) mass is 313 g/mol. The van der Waals surface area contributed by atoms with Gasteiger partial charge in [-0.25, -0.2) is 0 Å². The van der Waals surface area contributed by atoms with Crippen LogP contribution < -0.4 is 4.74 Å². The van der Waals surface area contributed by atoms with Gasteiger partial charge in [-0.05, 0) is 48.4 Å². The summed E-state index contributed by atoms with van der Waals surface area (Å²) in [5.74, 6) is 0.686. The maximum Gasteiger partial charge on any atom is 0.416 e. The van der Waals surface area contributed by atoms with E-state index >= 15 is 0 Å². The fourth-order valence-corrected chi connectivity index (χ4v) is 2.05. The van der Waals surface area contributed by atoms with Crippen LogP contribution in [0.2, 0.25) is 0 Å². The number of alkyl halides is 3. The fraction of sp³-hybridized carbons (Fsp3) is 0.267. The number of halogens is 3. The first-order valence-corrected chi connectivity index (χ1v) is 6.86. The first-order chi connectivity index (χ1) is 9.90. The van der Waals surface area contributed by atoms with E-state index in [4.69, 9.17) is 17.0 Å². The van der Waals surface area contributed by atoms with Crippen molar-refractivity contribution in [1.82, 2.24) is 4.98 Å². The Hall–Kier alpha value is -1.82. The molecule has 2 aromatic rings. The van der Waals surface area contributed by atoms with Crippen molar-refractivity contribution in [3.63, 3.8) is 0 Å². The van der Waals surface area contributed by atoms with Crippen molar-refractivity contribution < 1.29 is 17.9 Å². The van der Waals surface area contributed by atoms with Crippen molar-refractivity contribution >= 4 is 12.2 Å². The van der Waals surface area contributed by atoms with Gasteiger partial charge in [-0.1, -0.05) is 19.1 Å². The Morgan fingerprint density at radius 3 is 2.38 bits per heavy atom. The number of rotatable bonds is 4. The molecule has 2 rings (SSSR count). The Bertz CT molecular complexity index is 662. The van der Waals surface area contributed by atoms with Crippen LogP contribution in [-0.4, -0.2) is 11.6 Å². The number of pyridine rings is 1. The molecule has 0 bridgehead atoms. The first-order valence-electron chi connectivity index (χ1n) is 6.45. The van der Waals surface area contributed by atoms with Crippen LogP contribution in [0.15, 0.2) is 36.4 Å². The molecule has 0 aliphatic rings. The average Bonchev–Trinajstić information content (AvgIpc) is 2.44. The van der Waals surface area contributed by atoms with E-state index in [-0.39, 0.29) is 4.64 Å². The summed E-state index contributed by atoms with van der Waals surface area (Å²) >= 11 is 4.86. The minimum absolute atomic E-state index is 0.0473. The highest BCUT2D eigenvalue weighted by Gasteiger charge is 2.31. The zero-order valence-corrected chi connectivity index (χ0v) is 12.1. The van der Waals surface area contributed by atoms with Gasteiger partial charge in [0.15, 0.2) is 0 Å². The third-order valence-corrected chi connectivity index (χ3v) is 3.03. The third kappa shape index (κ3) is 4.07. The van der Waals surface area contributed by atoms with Gasteiger partial charge < -0.3 is 9.72 Å². The van der Waals surface area contributed by atoms with Gasteiger partial charge in [-0.15, -0.1) is 0 Å². The van der Waals surface area contributed by atoms with Gasteiger partial charge >= 0.3 is 6.18 Å². The van der Waals surface area contributed by atoms with Crippen LogP contribution in [0, 0.1) is 4.64 Å². The molecular formula is C15H14F3NOS. The topological polar surface area (TPSA) is 25.0 Å². The summed E-state index contributed by atoms with van der Waals surface area (Å²) in [5, 5.41) is 0. The van der Waals surface area contributed by atoms with Gasteiger partial charge in [-0.3, -0.25) is 0 Å². The molecule has 1 N–H and O–H groups in total. The maximum atomic E-state index is 12.8. The lowest BCUT2D eigenvalue weighted by Crippen LogP contribution is -2.05. The summed E-state index contributed by atoms with van der Waals surface area (Å²) in [5.41, 5.74) is 0.195. The quantitative estimate of drug-likeness (QED) is 0.783. The SMILES string of the molecule is CCCOc1ccc(-c2cc(C(F)(F)F)cc(=S)[nH]2)cc1. The Kier molecular flexibility index (Phi) is 4.67. The molecule has 0 aliphatic carbocycles. The van der Waals surface area contributed by atoms with E-state index in [9.17, 15) is 13.2 Å². The van der Waals surface area contributed by atoms with Crippen LogP contribution in [0.3, 0.4) is 0 Å². The standard InChI is InChI=1S/C15H14F3NOS/c1-2-7-20-12-5-3-10(4-6-12)13-8-11(15(16,17)18)9-14(21)19-13/h3-6,8-9H,2,7H2,1H3,(H,19,21). The number of hydrogen-bond acceptors (Lipinski definition) is 2. The van der Waals surface area contributed by atoms with Crippen molar-refractivity contribution in [3.05, 3.63) is 46.6 Å². The molecular weight excluding hydrogens is 299 g/mol. The minimum atomic E-state index is -4.42. The summed E-state index contributed by atoms with van der Waals surface area (Å²) in [4.78, 5) is 2.77. The lowest BCUT2D eigenvalue weighted by molar-refractivity contribution is -0.137. The van der Waals surface area contributed by atoms with Crippen LogP contribution in [0.5, 0.6) is 5.75 Å². The lowest BCUT2D eigenvalue weighted by atomic mass is 10.1. The lowest BCUT2D eigenvalue weighted by Gasteiger charge is -2.10. The van der Waals surface area contributed by atoms with Gasteiger partial charge in [0.05, 0.1) is 12.2 Å². The molecule has 2 nitrogen and oxygen atoms in total. The molecule has 0 saturated carbocycles. The van der Waals surface area contributed by atoms with Crippen molar-refractivity contribution in [2.75, 3.05) is 6.61 Å². The highest BCUT2D eigenvalue weighted by atomic mass is 32.1. The highest BCUT2D eigenvalue weighted by molar-refractivity contribution is 7.71. The summed E-state index contributed by atoms with van der Waals surface area (Å²) in [7, 11) is 0. The molecule has 0 fully saturated rings. The highest BCUT2D eigenvalue weighted by Crippen LogP contribution is 2.31. The van der Waals surface area contributed by atoms with Gasteiger partial charge in [0.25, 0.3) is 0 Å². The number of aromatic nitrogens is 1. The molecule has 0 aliphatic heterocycles. The molecule has 21 heavy (non-hydrogen) atoms. The van der Waals surface area contributed by atoms with Gasteiger partial charge in [0.1, 0.15) is 10.4 Å². The van der Waals surface area contributed by atoms with Crippen molar-refractivity contribution in [2.45, 2.75) is 19.5 Å². The van der Waals surface area contributed by atoms with Crippen molar-refractivity contribution in [2.24, 2.45) is 0 Å². The number of aromatic amines is 1. The molecule has 1 aromatic heterocycles. The minimum Gasteiger partial charge on any atom is -0.494 e. The molecule has 6 heteroatoms. The predicted molar refractivity (Wildman–Crippen MR) is 77.9 cm³/mol. The molecule has 0 saturated heterocycles. The predicted octanol–water partition coefficient (Wildman–Crippen LogP) is 5.22. The zero-order valence-electron chi connectivity index (χ0n) is 11.3. The van der Waals surface area contributed by atoms with Crippen molar-refractivity contribution in [1.29, 1.82) is 0 Å². The second-order valence-corrected chi connectivity index (χ2v) is 4.96. The van der Waals surface area contributed by atoms with Crippen LogP contribution in [0.25, 0.3) is 11.3 Å². The van der Waals surface area contributed by atoms with Gasteiger partial charge in [0, 0.05) is 5.69 Å². The smallest absolute Gasteiger partial charge is 0.416 e. The van der Waals surface area contributed by atoms with E-state index in [1.165, 1.54) is 0 Å². The number of nitrogens with one attached hydrogen (secondary N) is 1. The molecule has 0 amide bonds. The molecule has 0 unspecified atom stereocenters. The van der Waals surface area contributed by atoms with E-state index in [2.05, 4.69) is 4.98 Å². The number of H-pyrrole nitrogens is 1. The molecule has 0 atom stereocenters. The number of benzene rings is 1. The number of ether oxygens (including phenoxy) is 1. The normalized spacial score (nSPS) is 11.4. The van der Waals surface area contributed by atoms with Crippen LogP contribution >= 0.6 is 12.2 Å². The Labute approximate surface area is 125 Å². The van der Waals surface area contributed by atoms with Gasteiger partial charge in [-0.2, -0.15) is 13.2 Å². The second kappa shape index (κ2) is 6.30. The van der Waals surface area contributed by atoms with E-state index in [0.717, 1.165) is 18.6 Å². The second-order valence-electron chi connectivity index (χ2n) is 4.52. The summed E-state index contributed by atoms with van der Waals surface area (Å²) in [6.45, 7) is 2.60. The molecule has 112 valence electrons. The summed E-state index contributed by atoms with van der Waals surface area (Å²) in [6.07, 6.45) is -3.52. The van der Waals surface area contributed by atoms with Crippen LogP contribution in [0.4, 0.5) is 13.2 Å². The Balaban J connectivity index is 2.33. The van der Waals surface area contributed by atoms with Crippen LogP contribution in [0.1, 0.15) is 18.9 Å². The zero-order chi connectivity index (χ0) is 15.5. The van der Waals surface area contributed by atoms with E-state index < -0.39 is 11.7 Å². The molecule has 1 heterocycles. The Morgan fingerprint density at radius 1 is 1.14 bits per heavy atom. The Morgan fingerprint density at radius 2 is 1.81 bits per heavy atom. The maximum absolute atomic E-state index is 12.8. The number of hydrogen-bond donors (Lipinski definition) is 1. The van der Waals surface area contributed by atoms with E-state index in [0.29, 0.717) is 23.6 Å². The fourth-order valence-electron chi connectivity index (χ4n) is 1.81. The molecule has 0 radical (unpaired) electrons. The third-order valence-electron chi connectivity index (χ3n) is 2.81. The van der Waals surface area contributed by atoms with Crippen molar-refractivity contribution in [3.8, 4) is 17.0 Å². The summed E-state index contributed by atoms with van der Waals surface area (Å²) < 4.78 is 43.8. The first kappa shape index (κ1) is 15.6. The molecule has 0 spiro atoms. The summed E-state index contributed by atoms with van der Waals surface area (Å²) in [6, 6.07) is 8.82. The van der Waals surface area contributed by atoms with E-state index in [1.807, 2.05) is 6.92 Å².